The highest BCUT2D eigenvalue weighted by Gasteiger charge is 2.16. The predicted octanol–water partition coefficient (Wildman–Crippen LogP) is 3.74. The van der Waals surface area contributed by atoms with Crippen molar-refractivity contribution >= 4 is 39.1 Å². The number of nitrogens with two attached hydrogens (primary N) is 1. The molecule has 19 heavy (non-hydrogen) atoms. The number of hydrogen-bond acceptors (Lipinski definition) is 2. The smallest absolute Gasteiger partial charge is 0.245 e. The van der Waals surface area contributed by atoms with E-state index in [-0.39, 0.29) is 5.91 Å². The molecule has 2 rings (SSSR count). The lowest BCUT2D eigenvalue weighted by atomic mass is 10.1. The van der Waals surface area contributed by atoms with Crippen LogP contribution in [0.4, 0.5) is 5.69 Å². The molecule has 0 saturated carbocycles. The van der Waals surface area contributed by atoms with E-state index < -0.39 is 6.04 Å². The zero-order valence-corrected chi connectivity index (χ0v) is 12.3. The minimum Gasteiger partial charge on any atom is -0.323 e. The topological polar surface area (TPSA) is 55.1 Å². The van der Waals surface area contributed by atoms with Gasteiger partial charge in [-0.25, -0.2) is 0 Å². The van der Waals surface area contributed by atoms with Crippen LogP contribution in [-0.2, 0) is 4.79 Å². The van der Waals surface area contributed by atoms with Gasteiger partial charge in [-0.05, 0) is 23.8 Å². The second-order valence-electron chi connectivity index (χ2n) is 4.00. The van der Waals surface area contributed by atoms with Crippen molar-refractivity contribution < 1.29 is 4.79 Å². The third kappa shape index (κ3) is 3.56. The molecule has 0 aliphatic rings. The van der Waals surface area contributed by atoms with Crippen LogP contribution in [0.3, 0.4) is 0 Å². The minimum atomic E-state index is -0.721. The lowest BCUT2D eigenvalue weighted by Crippen LogP contribution is -2.27. The van der Waals surface area contributed by atoms with Crippen molar-refractivity contribution in [3.05, 3.63) is 63.6 Å². The van der Waals surface area contributed by atoms with E-state index in [9.17, 15) is 4.79 Å². The van der Waals surface area contributed by atoms with Crippen LogP contribution < -0.4 is 11.1 Å². The molecule has 1 unspecified atom stereocenters. The third-order valence-electron chi connectivity index (χ3n) is 2.63. The number of halogens is 2. The van der Waals surface area contributed by atoms with Crippen molar-refractivity contribution in [2.75, 3.05) is 5.32 Å². The quantitative estimate of drug-likeness (QED) is 0.895. The van der Waals surface area contributed by atoms with Gasteiger partial charge in [-0.1, -0.05) is 57.9 Å². The summed E-state index contributed by atoms with van der Waals surface area (Å²) in [5, 5.41) is 3.18. The second-order valence-corrected chi connectivity index (χ2v) is 5.32. The van der Waals surface area contributed by atoms with Crippen molar-refractivity contribution in [2.45, 2.75) is 6.04 Å². The van der Waals surface area contributed by atoms with E-state index in [2.05, 4.69) is 21.2 Å². The van der Waals surface area contributed by atoms with Crippen LogP contribution >= 0.6 is 27.5 Å². The van der Waals surface area contributed by atoms with Crippen LogP contribution in [-0.4, -0.2) is 5.91 Å². The van der Waals surface area contributed by atoms with Crippen LogP contribution in [0, 0.1) is 0 Å². The van der Waals surface area contributed by atoms with Gasteiger partial charge in [0.2, 0.25) is 5.91 Å². The van der Waals surface area contributed by atoms with Gasteiger partial charge in [-0.3, -0.25) is 4.79 Å². The van der Waals surface area contributed by atoms with Crippen LogP contribution in [0.1, 0.15) is 11.6 Å². The van der Waals surface area contributed by atoms with Crippen molar-refractivity contribution in [1.82, 2.24) is 0 Å². The summed E-state index contributed by atoms with van der Waals surface area (Å²) in [6, 6.07) is 13.7. The Kier molecular flexibility index (Phi) is 4.58. The van der Waals surface area contributed by atoms with Gasteiger partial charge in [-0.15, -0.1) is 0 Å². The molecule has 0 bridgehead atoms. The largest absolute Gasteiger partial charge is 0.323 e. The monoisotopic (exact) mass is 338 g/mol. The third-order valence-corrected chi connectivity index (χ3v) is 3.44. The zero-order chi connectivity index (χ0) is 13.8. The number of nitrogens with one attached hydrogen (secondary N) is 1. The summed E-state index contributed by atoms with van der Waals surface area (Å²) >= 11 is 9.35. The molecule has 1 atom stereocenters. The molecule has 0 fully saturated rings. The molecule has 5 heteroatoms. The number of benzene rings is 2. The van der Waals surface area contributed by atoms with Gasteiger partial charge in [0.15, 0.2) is 0 Å². The van der Waals surface area contributed by atoms with Crippen LogP contribution in [0.5, 0.6) is 0 Å². The van der Waals surface area contributed by atoms with E-state index in [1.165, 1.54) is 0 Å². The second kappa shape index (κ2) is 6.19. The first-order valence-corrected chi connectivity index (χ1v) is 6.81. The molecule has 0 saturated heterocycles. The average Bonchev–Trinajstić information content (AvgIpc) is 2.42. The fourth-order valence-corrected chi connectivity index (χ4v) is 2.33. The van der Waals surface area contributed by atoms with Gasteiger partial charge >= 0.3 is 0 Å². The standard InChI is InChI=1S/C14H12BrClN2O/c15-10-6-7-12(11(16)8-10)18-14(19)13(17)9-4-2-1-3-5-9/h1-8,13H,17H2,(H,18,19). The minimum absolute atomic E-state index is 0.296. The van der Waals surface area contributed by atoms with Crippen LogP contribution in [0.15, 0.2) is 53.0 Å². The van der Waals surface area contributed by atoms with Crippen LogP contribution in [0.2, 0.25) is 5.02 Å². The Bertz CT molecular complexity index is 589. The Hall–Kier alpha value is -1.36. The van der Waals surface area contributed by atoms with E-state index in [1.54, 1.807) is 18.2 Å². The molecular weight excluding hydrogens is 328 g/mol. The fourth-order valence-electron chi connectivity index (χ4n) is 1.61. The molecule has 0 aliphatic heterocycles. The lowest BCUT2D eigenvalue weighted by Gasteiger charge is -2.13. The Morgan fingerprint density at radius 1 is 1.21 bits per heavy atom. The maximum atomic E-state index is 12.0. The molecule has 2 aromatic carbocycles. The summed E-state index contributed by atoms with van der Waals surface area (Å²) in [6.45, 7) is 0. The van der Waals surface area contributed by atoms with E-state index in [4.69, 9.17) is 17.3 Å². The molecule has 0 aromatic heterocycles. The molecule has 2 aromatic rings. The zero-order valence-electron chi connectivity index (χ0n) is 9.94. The van der Waals surface area contributed by atoms with E-state index in [1.807, 2.05) is 30.3 Å². The molecule has 98 valence electrons. The van der Waals surface area contributed by atoms with Crippen molar-refractivity contribution in [3.8, 4) is 0 Å². The summed E-state index contributed by atoms with van der Waals surface area (Å²) in [4.78, 5) is 12.0. The lowest BCUT2D eigenvalue weighted by molar-refractivity contribution is -0.117. The van der Waals surface area contributed by atoms with E-state index in [0.29, 0.717) is 10.7 Å². The maximum absolute atomic E-state index is 12.0. The highest BCUT2D eigenvalue weighted by atomic mass is 79.9. The molecular formula is C14H12BrClN2O. The van der Waals surface area contributed by atoms with Crippen LogP contribution in [0.25, 0.3) is 0 Å². The highest BCUT2D eigenvalue weighted by Crippen LogP contribution is 2.26. The van der Waals surface area contributed by atoms with Crippen molar-refractivity contribution in [3.63, 3.8) is 0 Å². The summed E-state index contributed by atoms with van der Waals surface area (Å²) in [5.41, 5.74) is 7.20. The fraction of sp³-hybridized carbons (Fsp3) is 0.0714. The number of anilines is 1. The molecule has 3 N–H and O–H groups in total. The first-order chi connectivity index (χ1) is 9.08. The van der Waals surface area contributed by atoms with Gasteiger partial charge in [0.05, 0.1) is 10.7 Å². The molecule has 0 aliphatic carbocycles. The van der Waals surface area contributed by atoms with Gasteiger partial charge in [-0.2, -0.15) is 0 Å². The van der Waals surface area contributed by atoms with Crippen molar-refractivity contribution in [1.29, 1.82) is 0 Å². The van der Waals surface area contributed by atoms with Crippen molar-refractivity contribution in [2.24, 2.45) is 5.73 Å². The number of amides is 1. The van der Waals surface area contributed by atoms with Gasteiger partial charge in [0, 0.05) is 4.47 Å². The SMILES string of the molecule is NC(C(=O)Nc1ccc(Br)cc1Cl)c1ccccc1. The molecule has 0 radical (unpaired) electrons. The molecule has 0 spiro atoms. The summed E-state index contributed by atoms with van der Waals surface area (Å²) in [7, 11) is 0. The Morgan fingerprint density at radius 3 is 2.53 bits per heavy atom. The first-order valence-electron chi connectivity index (χ1n) is 5.64. The maximum Gasteiger partial charge on any atom is 0.245 e. The first kappa shape index (κ1) is 14.1. The summed E-state index contributed by atoms with van der Waals surface area (Å²) in [5.74, 6) is -0.296. The molecule has 0 heterocycles. The summed E-state index contributed by atoms with van der Waals surface area (Å²) < 4.78 is 0.850. The number of rotatable bonds is 3. The van der Waals surface area contributed by atoms with Gasteiger partial charge in [0.1, 0.15) is 6.04 Å². The molecule has 3 nitrogen and oxygen atoms in total. The van der Waals surface area contributed by atoms with E-state index in [0.717, 1.165) is 10.0 Å². The Morgan fingerprint density at radius 2 is 1.89 bits per heavy atom. The molecule has 1 amide bonds. The average molecular weight is 340 g/mol. The van der Waals surface area contributed by atoms with Gasteiger partial charge in [0.25, 0.3) is 0 Å². The number of carbonyl (C=O) groups excluding carboxylic acids is 1. The predicted molar refractivity (Wildman–Crippen MR) is 81.2 cm³/mol. The number of carbonyl (C=O) groups is 1. The van der Waals surface area contributed by atoms with E-state index >= 15 is 0 Å². The Balaban J connectivity index is 2.13. The normalized spacial score (nSPS) is 11.9. The summed E-state index contributed by atoms with van der Waals surface area (Å²) in [6.07, 6.45) is 0. The Labute approximate surface area is 124 Å². The number of hydrogen-bond donors (Lipinski definition) is 2. The highest BCUT2D eigenvalue weighted by molar-refractivity contribution is 9.10. The van der Waals surface area contributed by atoms with Gasteiger partial charge < -0.3 is 11.1 Å².